The van der Waals surface area contributed by atoms with Gasteiger partial charge in [0.2, 0.25) is 0 Å². The third-order valence-corrected chi connectivity index (χ3v) is 7.39. The van der Waals surface area contributed by atoms with Gasteiger partial charge in [0.25, 0.3) is 0 Å². The van der Waals surface area contributed by atoms with Gasteiger partial charge >= 0.3 is 0 Å². The van der Waals surface area contributed by atoms with Crippen LogP contribution in [0.3, 0.4) is 0 Å². The number of hydrogen-bond donors (Lipinski definition) is 2. The van der Waals surface area contributed by atoms with Crippen LogP contribution in [-0.4, -0.2) is 48.0 Å². The van der Waals surface area contributed by atoms with E-state index in [0.29, 0.717) is 6.61 Å². The molecule has 0 unspecified atom stereocenters. The van der Waals surface area contributed by atoms with Gasteiger partial charge in [-0.15, -0.1) is 11.8 Å². The smallest absolute Gasteiger partial charge is 0.140 e. The molecule has 0 aliphatic carbocycles. The summed E-state index contributed by atoms with van der Waals surface area (Å²) in [5.41, 5.74) is 1.94. The maximum absolute atomic E-state index is 12.6. The van der Waals surface area contributed by atoms with Crippen LogP contribution in [0.1, 0.15) is 22.5 Å². The lowest BCUT2D eigenvalue weighted by Gasteiger charge is -2.37. The fraction of sp³-hybridized carbons (Fsp3) is 0.308. The fourth-order valence-electron chi connectivity index (χ4n) is 4.27. The van der Waals surface area contributed by atoms with Crippen LogP contribution in [0.15, 0.2) is 71.6 Å². The Labute approximate surface area is 196 Å². The van der Waals surface area contributed by atoms with Crippen molar-refractivity contribution < 1.29 is 24.1 Å². The van der Waals surface area contributed by atoms with Crippen LogP contribution in [0, 0.1) is 5.92 Å². The number of phenolic OH excluding ortho intramolecular Hbond substituents is 2. The Hall–Kier alpha value is -2.90. The van der Waals surface area contributed by atoms with E-state index < -0.39 is 0 Å². The van der Waals surface area contributed by atoms with Crippen molar-refractivity contribution in [3.63, 3.8) is 0 Å². The van der Waals surface area contributed by atoms with Crippen LogP contribution in [0.5, 0.6) is 23.0 Å². The van der Waals surface area contributed by atoms with E-state index in [1.807, 2.05) is 36.4 Å². The van der Waals surface area contributed by atoms with Crippen LogP contribution < -0.4 is 9.47 Å². The quantitative estimate of drug-likeness (QED) is 0.489. The van der Waals surface area contributed by atoms with Crippen molar-refractivity contribution in [2.75, 3.05) is 32.9 Å². The molecule has 33 heavy (non-hydrogen) atoms. The number of alkyl halides is 1. The Bertz CT molecular complexity index is 1100. The molecule has 0 radical (unpaired) electrons. The second-order valence-electron chi connectivity index (χ2n) is 8.50. The van der Waals surface area contributed by atoms with Crippen molar-refractivity contribution in [1.29, 1.82) is 0 Å². The number of phenols is 2. The number of hydrogen-bond acceptors (Lipinski definition) is 6. The first-order chi connectivity index (χ1) is 16.1. The number of benzene rings is 3. The molecule has 7 heteroatoms. The monoisotopic (exact) mass is 467 g/mol. The SMILES string of the molecule is Oc1cccc([C@H]2Sc3cc(O)ccc3O[C@H]2c2ccc(OCCN3CC(CF)C3)cc2)c1. The van der Waals surface area contributed by atoms with Crippen LogP contribution in [0.2, 0.25) is 0 Å². The van der Waals surface area contributed by atoms with Gasteiger partial charge in [-0.05, 0) is 53.6 Å². The molecule has 0 amide bonds. The number of aromatic hydroxyl groups is 2. The molecule has 0 bridgehead atoms. The number of halogens is 1. The lowest BCUT2D eigenvalue weighted by molar-refractivity contribution is 0.0668. The maximum Gasteiger partial charge on any atom is 0.140 e. The van der Waals surface area contributed by atoms with Crippen molar-refractivity contribution >= 4 is 11.8 Å². The maximum atomic E-state index is 12.6. The Morgan fingerprint density at radius 2 is 1.76 bits per heavy atom. The fourth-order valence-corrected chi connectivity index (χ4v) is 5.59. The molecule has 2 heterocycles. The number of ether oxygens (including phenoxy) is 2. The predicted molar refractivity (Wildman–Crippen MR) is 126 cm³/mol. The molecule has 0 saturated carbocycles. The van der Waals surface area contributed by atoms with Crippen LogP contribution in [-0.2, 0) is 0 Å². The summed E-state index contributed by atoms with van der Waals surface area (Å²) in [6.07, 6.45) is -0.276. The zero-order valence-corrected chi connectivity index (χ0v) is 18.9. The number of fused-ring (bicyclic) bond motifs is 1. The second-order valence-corrected chi connectivity index (χ2v) is 9.68. The normalized spacial score (nSPS) is 20.5. The van der Waals surface area contributed by atoms with E-state index in [1.54, 1.807) is 42.1 Å². The van der Waals surface area contributed by atoms with Crippen molar-refractivity contribution in [1.82, 2.24) is 4.90 Å². The largest absolute Gasteiger partial charge is 0.508 e. The summed E-state index contributed by atoms with van der Waals surface area (Å²) in [6.45, 7) is 2.74. The summed E-state index contributed by atoms with van der Waals surface area (Å²) in [5.74, 6) is 2.09. The lowest BCUT2D eigenvalue weighted by atomic mass is 10.00. The van der Waals surface area contributed by atoms with Gasteiger partial charge in [-0.3, -0.25) is 9.29 Å². The number of thioether (sulfide) groups is 1. The minimum atomic E-state index is -0.276. The van der Waals surface area contributed by atoms with E-state index in [4.69, 9.17) is 9.47 Å². The van der Waals surface area contributed by atoms with E-state index in [9.17, 15) is 14.6 Å². The summed E-state index contributed by atoms with van der Waals surface area (Å²) in [4.78, 5) is 3.06. The minimum Gasteiger partial charge on any atom is -0.508 e. The Morgan fingerprint density at radius 1 is 0.970 bits per heavy atom. The third-order valence-electron chi connectivity index (χ3n) is 6.04. The van der Waals surface area contributed by atoms with Crippen molar-refractivity contribution in [2.24, 2.45) is 5.92 Å². The molecule has 2 aliphatic heterocycles. The highest BCUT2D eigenvalue weighted by atomic mass is 32.2. The third kappa shape index (κ3) is 4.89. The van der Waals surface area contributed by atoms with E-state index in [2.05, 4.69) is 4.90 Å². The number of nitrogens with zero attached hydrogens (tertiary/aromatic N) is 1. The Kier molecular flexibility index (Phi) is 6.33. The molecule has 5 nitrogen and oxygen atoms in total. The molecule has 5 rings (SSSR count). The molecular formula is C26H26FNO4S. The highest BCUT2D eigenvalue weighted by Crippen LogP contribution is 2.54. The van der Waals surface area contributed by atoms with Gasteiger partial charge in [-0.25, -0.2) is 0 Å². The average molecular weight is 468 g/mol. The standard InChI is InChI=1S/C26H26FNO4S/c27-14-17-15-28(16-17)10-11-31-22-7-4-18(5-8-22)25-26(19-2-1-3-20(29)12-19)33-24-13-21(30)6-9-23(24)32-25/h1-9,12-13,17,25-26,29-30H,10-11,14-16H2/t25-,26+/m0/s1. The van der Waals surface area contributed by atoms with Gasteiger partial charge in [-0.1, -0.05) is 24.3 Å². The Balaban J connectivity index is 1.31. The number of likely N-dealkylation sites (tertiary alicyclic amines) is 1. The minimum absolute atomic E-state index is 0.104. The van der Waals surface area contributed by atoms with Crippen LogP contribution in [0.4, 0.5) is 4.39 Å². The van der Waals surface area contributed by atoms with E-state index >= 15 is 0 Å². The van der Waals surface area contributed by atoms with Gasteiger partial charge in [0, 0.05) is 25.6 Å². The zero-order chi connectivity index (χ0) is 22.8. The van der Waals surface area contributed by atoms with Gasteiger partial charge in [0.05, 0.1) is 16.8 Å². The van der Waals surface area contributed by atoms with E-state index in [1.165, 1.54) is 0 Å². The van der Waals surface area contributed by atoms with Gasteiger partial charge < -0.3 is 19.7 Å². The first-order valence-electron chi connectivity index (χ1n) is 11.1. The molecule has 2 N–H and O–H groups in total. The van der Waals surface area contributed by atoms with Gasteiger partial charge in [0.15, 0.2) is 0 Å². The average Bonchev–Trinajstić information content (AvgIpc) is 2.80. The summed E-state index contributed by atoms with van der Waals surface area (Å²) < 4.78 is 24.8. The summed E-state index contributed by atoms with van der Waals surface area (Å²) in [7, 11) is 0. The van der Waals surface area contributed by atoms with Crippen LogP contribution >= 0.6 is 11.8 Å². The van der Waals surface area contributed by atoms with Crippen molar-refractivity contribution in [3.05, 3.63) is 77.9 Å². The molecule has 1 saturated heterocycles. The van der Waals surface area contributed by atoms with E-state index in [-0.39, 0.29) is 35.4 Å². The predicted octanol–water partition coefficient (Wildman–Crippen LogP) is 5.35. The van der Waals surface area contributed by atoms with Crippen molar-refractivity contribution in [3.8, 4) is 23.0 Å². The van der Waals surface area contributed by atoms with Crippen molar-refractivity contribution in [2.45, 2.75) is 16.2 Å². The molecule has 0 spiro atoms. The highest BCUT2D eigenvalue weighted by molar-refractivity contribution is 7.99. The zero-order valence-electron chi connectivity index (χ0n) is 18.1. The molecule has 3 aromatic carbocycles. The molecule has 3 aromatic rings. The topological polar surface area (TPSA) is 62.2 Å². The highest BCUT2D eigenvalue weighted by Gasteiger charge is 2.34. The van der Waals surface area contributed by atoms with Gasteiger partial charge in [-0.2, -0.15) is 0 Å². The summed E-state index contributed by atoms with van der Waals surface area (Å²) in [5, 5.41) is 19.8. The second kappa shape index (κ2) is 9.53. The number of rotatable bonds is 7. The summed E-state index contributed by atoms with van der Waals surface area (Å²) in [6, 6.07) is 20.2. The van der Waals surface area contributed by atoms with E-state index in [0.717, 1.165) is 47.2 Å². The van der Waals surface area contributed by atoms with Crippen LogP contribution in [0.25, 0.3) is 0 Å². The first kappa shape index (κ1) is 21.9. The van der Waals surface area contributed by atoms with Gasteiger partial charge in [0.1, 0.15) is 35.7 Å². The Morgan fingerprint density at radius 3 is 2.52 bits per heavy atom. The molecule has 2 atom stereocenters. The molecule has 0 aromatic heterocycles. The molecule has 172 valence electrons. The molecular weight excluding hydrogens is 441 g/mol. The lowest BCUT2D eigenvalue weighted by Crippen LogP contribution is -2.49. The molecule has 2 aliphatic rings. The first-order valence-corrected chi connectivity index (χ1v) is 11.9. The molecule has 1 fully saturated rings. The summed E-state index contributed by atoms with van der Waals surface area (Å²) >= 11 is 1.61.